The molecule has 9 nitrogen and oxygen atoms in total. The molecule has 1 fully saturated rings. The van der Waals surface area contributed by atoms with Crippen LogP contribution < -0.4 is 11.1 Å². The minimum Gasteiger partial charge on any atom is -0.350 e. The van der Waals surface area contributed by atoms with Gasteiger partial charge in [0, 0.05) is 24.6 Å². The molecule has 28 heavy (non-hydrogen) atoms. The molecular weight excluding hydrogens is 356 g/mol. The van der Waals surface area contributed by atoms with Crippen molar-refractivity contribution < 1.29 is 4.79 Å². The molecule has 1 aliphatic rings. The van der Waals surface area contributed by atoms with Gasteiger partial charge in [-0.2, -0.15) is 5.10 Å². The highest BCUT2D eigenvalue weighted by molar-refractivity contribution is 5.91. The van der Waals surface area contributed by atoms with Gasteiger partial charge in [-0.3, -0.25) is 9.89 Å². The zero-order chi connectivity index (χ0) is 19.3. The van der Waals surface area contributed by atoms with Crippen LogP contribution in [0.5, 0.6) is 0 Å². The van der Waals surface area contributed by atoms with E-state index < -0.39 is 0 Å². The van der Waals surface area contributed by atoms with E-state index in [9.17, 15) is 4.79 Å². The van der Waals surface area contributed by atoms with Crippen LogP contribution in [-0.4, -0.2) is 48.7 Å². The Hall–Kier alpha value is -3.07. The SMILES string of the molecule is NC1CCC(n2cc(C(=O)NCCc3nc(-c4ccccc4)n[nH]3)nn2)CC1. The largest absolute Gasteiger partial charge is 0.350 e. The summed E-state index contributed by atoms with van der Waals surface area (Å²) in [6, 6.07) is 10.3. The fraction of sp³-hybridized carbons (Fsp3) is 0.421. The number of hydrogen-bond acceptors (Lipinski definition) is 6. The van der Waals surface area contributed by atoms with Crippen LogP contribution >= 0.6 is 0 Å². The zero-order valence-electron chi connectivity index (χ0n) is 15.6. The molecule has 4 rings (SSSR count). The topological polar surface area (TPSA) is 127 Å². The molecule has 1 saturated carbocycles. The average molecular weight is 380 g/mol. The lowest BCUT2D eigenvalue weighted by Crippen LogP contribution is -2.28. The van der Waals surface area contributed by atoms with E-state index in [0.29, 0.717) is 24.5 Å². The normalized spacial score (nSPS) is 19.5. The molecule has 2 aromatic heterocycles. The molecule has 1 aromatic carbocycles. The summed E-state index contributed by atoms with van der Waals surface area (Å²) >= 11 is 0. The molecule has 3 aromatic rings. The van der Waals surface area contributed by atoms with Crippen molar-refractivity contribution in [3.63, 3.8) is 0 Å². The minimum atomic E-state index is -0.235. The summed E-state index contributed by atoms with van der Waals surface area (Å²) in [6.07, 6.45) is 6.18. The summed E-state index contributed by atoms with van der Waals surface area (Å²) in [5.41, 5.74) is 7.23. The molecular formula is C19H24N8O. The summed E-state index contributed by atoms with van der Waals surface area (Å²) in [5.74, 6) is 1.14. The van der Waals surface area contributed by atoms with Gasteiger partial charge in [-0.05, 0) is 25.7 Å². The van der Waals surface area contributed by atoms with Gasteiger partial charge in [-0.15, -0.1) is 5.10 Å². The molecule has 146 valence electrons. The standard InChI is InChI=1S/C19H24N8O/c20-14-6-8-15(9-7-14)27-12-16(23-26-27)19(28)21-11-10-17-22-18(25-24-17)13-4-2-1-3-5-13/h1-5,12,14-15H,6-11,20H2,(H,21,28)(H,22,24,25). The van der Waals surface area contributed by atoms with Crippen molar-refractivity contribution in [2.45, 2.75) is 44.2 Å². The number of hydrogen-bond donors (Lipinski definition) is 3. The van der Waals surface area contributed by atoms with Crippen LogP contribution in [0.4, 0.5) is 0 Å². The number of carbonyl (C=O) groups is 1. The van der Waals surface area contributed by atoms with Gasteiger partial charge in [0.05, 0.1) is 12.2 Å². The lowest BCUT2D eigenvalue weighted by atomic mass is 9.92. The molecule has 0 unspecified atom stereocenters. The molecule has 0 saturated heterocycles. The number of aromatic nitrogens is 6. The first kappa shape index (κ1) is 18.3. The van der Waals surface area contributed by atoms with Crippen LogP contribution in [0.15, 0.2) is 36.5 Å². The number of aromatic amines is 1. The van der Waals surface area contributed by atoms with Gasteiger partial charge < -0.3 is 11.1 Å². The summed E-state index contributed by atoms with van der Waals surface area (Å²) in [7, 11) is 0. The predicted molar refractivity (Wildman–Crippen MR) is 103 cm³/mol. The molecule has 0 radical (unpaired) electrons. The summed E-state index contributed by atoms with van der Waals surface area (Å²) < 4.78 is 1.80. The van der Waals surface area contributed by atoms with E-state index in [1.165, 1.54) is 0 Å². The predicted octanol–water partition coefficient (Wildman–Crippen LogP) is 1.48. The maximum Gasteiger partial charge on any atom is 0.273 e. The third-order valence-electron chi connectivity index (χ3n) is 5.07. The lowest BCUT2D eigenvalue weighted by molar-refractivity contribution is 0.0949. The Morgan fingerprint density at radius 2 is 2.00 bits per heavy atom. The number of H-pyrrole nitrogens is 1. The average Bonchev–Trinajstić information content (AvgIpc) is 3.39. The highest BCUT2D eigenvalue weighted by atomic mass is 16.2. The Bertz CT molecular complexity index is 911. The molecule has 1 aliphatic carbocycles. The second-order valence-corrected chi connectivity index (χ2v) is 7.13. The van der Waals surface area contributed by atoms with Crippen LogP contribution in [0.3, 0.4) is 0 Å². The fourth-order valence-corrected chi connectivity index (χ4v) is 3.43. The van der Waals surface area contributed by atoms with Gasteiger partial charge in [0.1, 0.15) is 5.82 Å². The van der Waals surface area contributed by atoms with Crippen LogP contribution in [0.1, 0.15) is 48.0 Å². The summed E-state index contributed by atoms with van der Waals surface area (Å²) in [6.45, 7) is 0.438. The molecule has 9 heteroatoms. The third-order valence-corrected chi connectivity index (χ3v) is 5.07. The Morgan fingerprint density at radius 3 is 2.79 bits per heavy atom. The van der Waals surface area contributed by atoms with E-state index >= 15 is 0 Å². The molecule has 0 aliphatic heterocycles. The highest BCUT2D eigenvalue weighted by Gasteiger charge is 2.22. The van der Waals surface area contributed by atoms with E-state index in [1.807, 2.05) is 30.3 Å². The molecule has 0 atom stereocenters. The van der Waals surface area contributed by atoms with E-state index in [0.717, 1.165) is 37.1 Å². The maximum absolute atomic E-state index is 12.3. The molecule has 0 bridgehead atoms. The van der Waals surface area contributed by atoms with Gasteiger partial charge in [0.15, 0.2) is 11.5 Å². The molecule has 0 spiro atoms. The number of nitrogens with two attached hydrogens (primary N) is 1. The zero-order valence-corrected chi connectivity index (χ0v) is 15.6. The van der Waals surface area contributed by atoms with E-state index in [-0.39, 0.29) is 18.0 Å². The van der Waals surface area contributed by atoms with Gasteiger partial charge in [-0.25, -0.2) is 9.67 Å². The number of nitrogens with one attached hydrogen (secondary N) is 2. The van der Waals surface area contributed by atoms with E-state index in [1.54, 1.807) is 10.9 Å². The third kappa shape index (κ3) is 4.25. The van der Waals surface area contributed by atoms with Crippen molar-refractivity contribution in [2.24, 2.45) is 5.73 Å². The molecule has 1 amide bonds. The van der Waals surface area contributed by atoms with Gasteiger partial charge in [0.2, 0.25) is 0 Å². The van der Waals surface area contributed by atoms with Gasteiger partial charge in [-0.1, -0.05) is 35.5 Å². The minimum absolute atomic E-state index is 0.235. The first-order chi connectivity index (χ1) is 13.7. The lowest BCUT2D eigenvalue weighted by Gasteiger charge is -2.25. The van der Waals surface area contributed by atoms with Crippen molar-refractivity contribution >= 4 is 5.91 Å². The smallest absolute Gasteiger partial charge is 0.273 e. The number of carbonyl (C=O) groups excluding carboxylic acids is 1. The second-order valence-electron chi connectivity index (χ2n) is 7.13. The van der Waals surface area contributed by atoms with Crippen molar-refractivity contribution in [1.29, 1.82) is 0 Å². The summed E-state index contributed by atoms with van der Waals surface area (Å²) in [5, 5.41) is 18.1. The Morgan fingerprint density at radius 1 is 1.21 bits per heavy atom. The fourth-order valence-electron chi connectivity index (χ4n) is 3.43. The maximum atomic E-state index is 12.3. The van der Waals surface area contributed by atoms with Crippen molar-refractivity contribution in [3.05, 3.63) is 48.0 Å². The van der Waals surface area contributed by atoms with Crippen molar-refractivity contribution in [2.75, 3.05) is 6.54 Å². The van der Waals surface area contributed by atoms with Crippen LogP contribution in [0, 0.1) is 0 Å². The Labute approximate surface area is 162 Å². The summed E-state index contributed by atoms with van der Waals surface area (Å²) in [4.78, 5) is 16.8. The van der Waals surface area contributed by atoms with Crippen LogP contribution in [0.2, 0.25) is 0 Å². The quantitative estimate of drug-likeness (QED) is 0.594. The van der Waals surface area contributed by atoms with Crippen LogP contribution in [-0.2, 0) is 6.42 Å². The van der Waals surface area contributed by atoms with E-state index in [4.69, 9.17) is 5.73 Å². The number of benzene rings is 1. The Kier molecular flexibility index (Phi) is 5.43. The van der Waals surface area contributed by atoms with Crippen molar-refractivity contribution in [3.8, 4) is 11.4 Å². The molecule has 4 N–H and O–H groups in total. The highest BCUT2D eigenvalue weighted by Crippen LogP contribution is 2.26. The number of nitrogens with zero attached hydrogens (tertiary/aromatic N) is 5. The second kappa shape index (κ2) is 8.30. The first-order valence-corrected chi connectivity index (χ1v) is 9.61. The van der Waals surface area contributed by atoms with Crippen LogP contribution in [0.25, 0.3) is 11.4 Å². The van der Waals surface area contributed by atoms with Gasteiger partial charge >= 0.3 is 0 Å². The number of rotatable bonds is 6. The van der Waals surface area contributed by atoms with Crippen molar-refractivity contribution in [1.82, 2.24) is 35.5 Å². The first-order valence-electron chi connectivity index (χ1n) is 9.61. The molecule has 2 heterocycles. The Balaban J connectivity index is 1.28. The van der Waals surface area contributed by atoms with Gasteiger partial charge in [0.25, 0.3) is 5.91 Å². The number of amides is 1. The van der Waals surface area contributed by atoms with E-state index in [2.05, 4.69) is 30.8 Å². The monoisotopic (exact) mass is 380 g/mol.